The molecule has 3 N–H and O–H groups in total. The van der Waals surface area contributed by atoms with Crippen LogP contribution >= 0.6 is 0 Å². The third-order valence-electron chi connectivity index (χ3n) is 3.81. The van der Waals surface area contributed by atoms with Crippen molar-refractivity contribution in [3.8, 4) is 0 Å². The maximum Gasteiger partial charge on any atom is 0.182 e. The van der Waals surface area contributed by atoms with E-state index in [0.29, 0.717) is 37.8 Å². The molecule has 0 amide bonds. The Balaban J connectivity index is 1.73. The van der Waals surface area contributed by atoms with Gasteiger partial charge in [-0.15, -0.1) is 0 Å². The molecule has 3 aromatic rings. The molecule has 2 aromatic heterocycles. The number of rotatable bonds is 9. The van der Waals surface area contributed by atoms with Crippen LogP contribution in [0.5, 0.6) is 0 Å². The number of ether oxygens (including phenoxy) is 2. The predicted octanol–water partition coefficient (Wildman–Crippen LogP) is 1.73. The molecule has 9 heteroatoms. The summed E-state index contributed by atoms with van der Waals surface area (Å²) in [7, 11) is 3.34. The van der Waals surface area contributed by atoms with Crippen LogP contribution in [0.1, 0.15) is 5.56 Å². The Hall–Kier alpha value is -3.04. The zero-order valence-corrected chi connectivity index (χ0v) is 15.4. The number of amidine groups is 1. The number of aliphatic imine (C=N–C) groups is 1. The highest BCUT2D eigenvalue weighted by atomic mass is 16.5. The molecular formula is C18H23N7O2. The van der Waals surface area contributed by atoms with Gasteiger partial charge in [0.15, 0.2) is 11.5 Å². The first-order chi connectivity index (χ1) is 13.3. The van der Waals surface area contributed by atoms with Gasteiger partial charge >= 0.3 is 0 Å². The fourth-order valence-electron chi connectivity index (χ4n) is 2.48. The summed E-state index contributed by atoms with van der Waals surface area (Å²) in [4.78, 5) is 20.1. The molecule has 0 saturated carbocycles. The molecule has 9 nitrogen and oxygen atoms in total. The van der Waals surface area contributed by atoms with Gasteiger partial charge in [0, 0.05) is 32.0 Å². The zero-order chi connectivity index (χ0) is 18.9. The summed E-state index contributed by atoms with van der Waals surface area (Å²) in [5, 5.41) is 6.58. The van der Waals surface area contributed by atoms with E-state index in [1.165, 1.54) is 6.33 Å². The number of methoxy groups -OCH3 is 2. The first-order valence-electron chi connectivity index (χ1n) is 8.59. The minimum Gasteiger partial charge on any atom is -0.383 e. The number of nitrogens with one attached hydrogen (secondary N) is 3. The van der Waals surface area contributed by atoms with Gasteiger partial charge < -0.3 is 25.1 Å². The van der Waals surface area contributed by atoms with Crippen LogP contribution in [0.15, 0.2) is 41.9 Å². The number of aromatic nitrogens is 4. The molecule has 2 heterocycles. The summed E-state index contributed by atoms with van der Waals surface area (Å²) in [5.41, 5.74) is 3.28. The molecule has 0 unspecified atom stereocenters. The number of hydrogen-bond donors (Lipinski definition) is 3. The minimum absolute atomic E-state index is 0.572. The van der Waals surface area contributed by atoms with Crippen molar-refractivity contribution in [2.45, 2.75) is 0 Å². The normalized spacial score (nSPS) is 11.7. The number of hydrogen-bond acceptors (Lipinski definition) is 7. The van der Waals surface area contributed by atoms with Crippen molar-refractivity contribution in [2.75, 3.05) is 45.8 Å². The van der Waals surface area contributed by atoms with Crippen LogP contribution in [0.4, 0.5) is 11.5 Å². The minimum atomic E-state index is 0.572. The molecule has 0 bridgehead atoms. The van der Waals surface area contributed by atoms with Crippen molar-refractivity contribution in [2.24, 2.45) is 4.99 Å². The van der Waals surface area contributed by atoms with Crippen molar-refractivity contribution in [3.05, 3.63) is 42.5 Å². The van der Waals surface area contributed by atoms with Gasteiger partial charge in [0.1, 0.15) is 17.7 Å². The van der Waals surface area contributed by atoms with Crippen molar-refractivity contribution in [1.82, 2.24) is 25.3 Å². The second-order valence-electron chi connectivity index (χ2n) is 5.67. The Kier molecular flexibility index (Phi) is 6.66. The quantitative estimate of drug-likeness (QED) is 0.299. The number of H-pyrrole nitrogens is 1. The lowest BCUT2D eigenvalue weighted by molar-refractivity contribution is 0.203. The van der Waals surface area contributed by atoms with Crippen LogP contribution in [-0.4, -0.2) is 66.3 Å². The number of imidazole rings is 1. The zero-order valence-electron chi connectivity index (χ0n) is 15.4. The van der Waals surface area contributed by atoms with E-state index in [2.05, 4.69) is 35.6 Å². The van der Waals surface area contributed by atoms with Gasteiger partial charge in [-0.2, -0.15) is 0 Å². The second-order valence-corrected chi connectivity index (χ2v) is 5.67. The first kappa shape index (κ1) is 18.7. The summed E-state index contributed by atoms with van der Waals surface area (Å²) in [6.45, 7) is 2.45. The number of anilines is 2. The second kappa shape index (κ2) is 9.60. The van der Waals surface area contributed by atoms with E-state index in [1.54, 1.807) is 20.5 Å². The Morgan fingerprint density at radius 2 is 1.89 bits per heavy atom. The Bertz CT molecular complexity index is 877. The lowest BCUT2D eigenvalue weighted by Gasteiger charge is -2.12. The fourth-order valence-corrected chi connectivity index (χ4v) is 2.48. The highest BCUT2D eigenvalue weighted by molar-refractivity contribution is 5.99. The van der Waals surface area contributed by atoms with Crippen LogP contribution in [0.2, 0.25) is 0 Å². The van der Waals surface area contributed by atoms with Crippen molar-refractivity contribution in [3.63, 3.8) is 0 Å². The highest BCUT2D eigenvalue weighted by Crippen LogP contribution is 2.20. The molecule has 1 aromatic carbocycles. The monoisotopic (exact) mass is 369 g/mol. The van der Waals surface area contributed by atoms with Crippen LogP contribution in [0, 0.1) is 0 Å². The Labute approximate surface area is 157 Å². The third kappa shape index (κ3) is 4.99. The third-order valence-corrected chi connectivity index (χ3v) is 3.81. The van der Waals surface area contributed by atoms with Crippen LogP contribution in [-0.2, 0) is 9.47 Å². The van der Waals surface area contributed by atoms with Gasteiger partial charge in [-0.05, 0) is 24.3 Å². The molecule has 3 rings (SSSR count). The molecule has 0 spiro atoms. The largest absolute Gasteiger partial charge is 0.383 e. The summed E-state index contributed by atoms with van der Waals surface area (Å²) in [6, 6.07) is 7.95. The predicted molar refractivity (Wildman–Crippen MR) is 105 cm³/mol. The smallest absolute Gasteiger partial charge is 0.182 e. The molecule has 0 aliphatic rings. The summed E-state index contributed by atoms with van der Waals surface area (Å²) >= 11 is 0. The van der Waals surface area contributed by atoms with Gasteiger partial charge in [-0.1, -0.05) is 0 Å². The molecule has 0 aliphatic carbocycles. The molecule has 0 atom stereocenters. The van der Waals surface area contributed by atoms with E-state index in [1.807, 2.05) is 24.3 Å². The number of aromatic amines is 1. The topological polar surface area (TPSA) is 109 Å². The summed E-state index contributed by atoms with van der Waals surface area (Å²) in [5.74, 6) is 1.49. The molecule has 142 valence electrons. The van der Waals surface area contributed by atoms with Crippen molar-refractivity contribution >= 4 is 28.5 Å². The standard InChI is InChI=1S/C18H23N7O2/c1-26-9-7-19-16(20-8-10-27-2)13-3-5-14(6-4-13)25-18-15-17(22-11-21-15)23-12-24-18/h3-6,11-12H,7-10H2,1-2H3,(H,19,20)(H2,21,22,23,24,25). The average Bonchev–Trinajstić information content (AvgIpc) is 3.18. The summed E-state index contributed by atoms with van der Waals surface area (Å²) in [6.07, 6.45) is 3.09. The van der Waals surface area contributed by atoms with Crippen LogP contribution in [0.3, 0.4) is 0 Å². The van der Waals surface area contributed by atoms with E-state index in [0.717, 1.165) is 22.6 Å². The fraction of sp³-hybridized carbons (Fsp3) is 0.333. The number of nitrogens with zero attached hydrogens (tertiary/aromatic N) is 4. The number of fused-ring (bicyclic) bond motifs is 1. The maximum absolute atomic E-state index is 5.10. The molecule has 0 aliphatic heterocycles. The molecule has 0 saturated heterocycles. The van der Waals surface area contributed by atoms with Gasteiger partial charge in [0.2, 0.25) is 0 Å². The molecular weight excluding hydrogens is 346 g/mol. The van der Waals surface area contributed by atoms with Gasteiger partial charge in [-0.25, -0.2) is 15.0 Å². The van der Waals surface area contributed by atoms with E-state index in [9.17, 15) is 0 Å². The summed E-state index contributed by atoms with van der Waals surface area (Å²) < 4.78 is 10.2. The highest BCUT2D eigenvalue weighted by Gasteiger charge is 2.07. The SMILES string of the molecule is COCCN=C(NCCOC)c1ccc(Nc2ncnc3nc[nH]c23)cc1. The van der Waals surface area contributed by atoms with E-state index >= 15 is 0 Å². The molecule has 0 fully saturated rings. The maximum atomic E-state index is 5.10. The van der Waals surface area contributed by atoms with Crippen molar-refractivity contribution < 1.29 is 9.47 Å². The Morgan fingerprint density at radius 3 is 2.67 bits per heavy atom. The van der Waals surface area contributed by atoms with E-state index < -0.39 is 0 Å². The molecule has 0 radical (unpaired) electrons. The van der Waals surface area contributed by atoms with Crippen molar-refractivity contribution in [1.29, 1.82) is 0 Å². The molecule has 27 heavy (non-hydrogen) atoms. The van der Waals surface area contributed by atoms with Gasteiger partial charge in [0.05, 0.1) is 26.1 Å². The lowest BCUT2D eigenvalue weighted by Crippen LogP contribution is -2.28. The lowest BCUT2D eigenvalue weighted by atomic mass is 10.2. The Morgan fingerprint density at radius 1 is 1.07 bits per heavy atom. The van der Waals surface area contributed by atoms with Gasteiger partial charge in [-0.3, -0.25) is 4.99 Å². The average molecular weight is 369 g/mol. The number of benzene rings is 1. The van der Waals surface area contributed by atoms with E-state index in [4.69, 9.17) is 9.47 Å². The van der Waals surface area contributed by atoms with Crippen LogP contribution < -0.4 is 10.6 Å². The van der Waals surface area contributed by atoms with E-state index in [-0.39, 0.29) is 0 Å². The first-order valence-corrected chi connectivity index (χ1v) is 8.59. The van der Waals surface area contributed by atoms with Crippen LogP contribution in [0.25, 0.3) is 11.2 Å². The van der Waals surface area contributed by atoms with Gasteiger partial charge in [0.25, 0.3) is 0 Å².